The Balaban J connectivity index is 1.42. The Morgan fingerprint density at radius 1 is 0.939 bits per heavy atom. The Bertz CT molecular complexity index is 1280. The maximum atomic E-state index is 12.9. The van der Waals surface area contributed by atoms with Gasteiger partial charge in [0.05, 0.1) is 11.3 Å². The number of likely N-dealkylation sites (tertiary alicyclic amines) is 1. The number of sulfonamides is 1. The minimum atomic E-state index is -4.07. The van der Waals surface area contributed by atoms with Gasteiger partial charge in [0.1, 0.15) is 5.54 Å². The van der Waals surface area contributed by atoms with Crippen LogP contribution in [0.2, 0.25) is 5.02 Å². The van der Waals surface area contributed by atoms with Gasteiger partial charge in [0.2, 0.25) is 5.91 Å². The number of halogens is 1. The molecule has 2 amide bonds. The normalized spacial score (nSPS) is 17.8. The third kappa shape index (κ3) is 4.79. The van der Waals surface area contributed by atoms with Crippen molar-refractivity contribution in [3.8, 4) is 11.1 Å². The van der Waals surface area contributed by atoms with Crippen LogP contribution in [0.15, 0.2) is 83.8 Å². The van der Waals surface area contributed by atoms with Gasteiger partial charge in [-0.2, -0.15) is 0 Å². The molecule has 1 saturated heterocycles. The fourth-order valence-corrected chi connectivity index (χ4v) is 5.02. The zero-order valence-electron chi connectivity index (χ0n) is 18.0. The predicted molar refractivity (Wildman–Crippen MR) is 127 cm³/mol. The largest absolute Gasteiger partial charge is 0.328 e. The zero-order valence-corrected chi connectivity index (χ0v) is 19.6. The third-order valence-corrected chi connectivity index (χ3v) is 7.57. The van der Waals surface area contributed by atoms with Crippen molar-refractivity contribution in [2.45, 2.75) is 30.2 Å². The number of amides is 2. The van der Waals surface area contributed by atoms with Gasteiger partial charge in [-0.15, -0.1) is 0 Å². The summed E-state index contributed by atoms with van der Waals surface area (Å²) < 4.78 is 27.3. The molecular weight excluding hydrogens is 460 g/mol. The van der Waals surface area contributed by atoms with Gasteiger partial charge in [-0.25, -0.2) is 13.1 Å². The van der Waals surface area contributed by atoms with E-state index in [9.17, 15) is 18.0 Å². The van der Waals surface area contributed by atoms with Crippen LogP contribution in [0.25, 0.3) is 11.1 Å². The van der Waals surface area contributed by atoms with Crippen molar-refractivity contribution in [3.05, 3.63) is 89.4 Å². The summed E-state index contributed by atoms with van der Waals surface area (Å²) in [5, 5.41) is 0.389. The molecule has 3 aromatic rings. The number of benzene rings is 3. The molecule has 170 valence electrons. The summed E-state index contributed by atoms with van der Waals surface area (Å²) in [5.74, 6) is -0.952. The fourth-order valence-electron chi connectivity index (χ4n) is 3.82. The first kappa shape index (κ1) is 23.0. The van der Waals surface area contributed by atoms with Gasteiger partial charge in [0.15, 0.2) is 0 Å². The maximum absolute atomic E-state index is 12.9. The molecule has 8 heteroatoms. The van der Waals surface area contributed by atoms with Gasteiger partial charge in [0, 0.05) is 11.6 Å². The van der Waals surface area contributed by atoms with E-state index in [4.69, 9.17) is 11.6 Å². The number of rotatable bonds is 6. The molecule has 4 rings (SSSR count). The topological polar surface area (TPSA) is 83.6 Å². The Morgan fingerprint density at radius 3 is 2.12 bits per heavy atom. The summed E-state index contributed by atoms with van der Waals surface area (Å²) in [6.45, 7) is 1.98. The standard InChI is InChI=1S/C25H23ClN2O4S/c1-25(24(30)27-33(31,32)22-13-11-21(26)12-14-22)15-16-28(25)23(29)17-18-7-9-20(10-8-18)19-5-3-2-4-6-19/h2-14H,15-17H2,1H3,(H,27,30). The lowest BCUT2D eigenvalue weighted by Gasteiger charge is -2.49. The maximum Gasteiger partial charge on any atom is 0.264 e. The molecule has 0 bridgehead atoms. The second-order valence-electron chi connectivity index (χ2n) is 8.20. The Kier molecular flexibility index (Phi) is 6.28. The molecule has 0 spiro atoms. The quantitative estimate of drug-likeness (QED) is 0.574. The summed E-state index contributed by atoms with van der Waals surface area (Å²) in [5.41, 5.74) is 1.74. The molecule has 1 aliphatic heterocycles. The van der Waals surface area contributed by atoms with Crippen molar-refractivity contribution in [2.75, 3.05) is 6.54 Å². The lowest BCUT2D eigenvalue weighted by atomic mass is 9.85. The Hall–Kier alpha value is -3.16. The third-order valence-electron chi connectivity index (χ3n) is 5.98. The number of carbonyl (C=O) groups is 2. The summed E-state index contributed by atoms with van der Waals surface area (Å²) in [7, 11) is -4.07. The smallest absolute Gasteiger partial charge is 0.264 e. The molecule has 1 aliphatic rings. The Morgan fingerprint density at radius 2 is 1.55 bits per heavy atom. The molecule has 1 heterocycles. The van der Waals surface area contributed by atoms with E-state index in [1.165, 1.54) is 29.2 Å². The first-order valence-electron chi connectivity index (χ1n) is 10.5. The van der Waals surface area contributed by atoms with Gasteiger partial charge in [-0.3, -0.25) is 9.59 Å². The van der Waals surface area contributed by atoms with Gasteiger partial charge in [-0.1, -0.05) is 66.2 Å². The molecular formula is C25H23ClN2O4S. The molecule has 1 atom stereocenters. The first-order valence-corrected chi connectivity index (χ1v) is 12.3. The fraction of sp³-hybridized carbons (Fsp3) is 0.200. The van der Waals surface area contributed by atoms with Crippen molar-refractivity contribution in [1.29, 1.82) is 0 Å². The van der Waals surface area contributed by atoms with E-state index in [1.54, 1.807) is 6.92 Å². The number of nitrogens with zero attached hydrogens (tertiary/aromatic N) is 1. The molecule has 3 aromatic carbocycles. The highest BCUT2D eigenvalue weighted by molar-refractivity contribution is 7.90. The van der Waals surface area contributed by atoms with Crippen LogP contribution in [-0.2, 0) is 26.0 Å². The van der Waals surface area contributed by atoms with Gasteiger partial charge >= 0.3 is 0 Å². The predicted octanol–water partition coefficient (Wildman–Crippen LogP) is 4.05. The number of hydrogen-bond acceptors (Lipinski definition) is 4. The molecule has 0 aliphatic carbocycles. The molecule has 6 nitrogen and oxygen atoms in total. The van der Waals surface area contributed by atoms with E-state index in [0.717, 1.165) is 16.7 Å². The van der Waals surface area contributed by atoms with E-state index in [2.05, 4.69) is 4.72 Å². The molecule has 1 fully saturated rings. The number of carbonyl (C=O) groups excluding carboxylic acids is 2. The van der Waals surface area contributed by atoms with Crippen LogP contribution < -0.4 is 4.72 Å². The van der Waals surface area contributed by atoms with Gasteiger partial charge in [0.25, 0.3) is 15.9 Å². The van der Waals surface area contributed by atoms with Crippen LogP contribution >= 0.6 is 11.6 Å². The van der Waals surface area contributed by atoms with E-state index >= 15 is 0 Å². The lowest BCUT2D eigenvalue weighted by Crippen LogP contribution is -2.68. The summed E-state index contributed by atoms with van der Waals surface area (Å²) in [4.78, 5) is 27.2. The van der Waals surface area contributed by atoms with E-state index in [0.29, 0.717) is 18.0 Å². The lowest BCUT2D eigenvalue weighted by molar-refractivity contribution is -0.156. The molecule has 33 heavy (non-hydrogen) atoms. The molecule has 1 N–H and O–H groups in total. The van der Waals surface area contributed by atoms with Gasteiger partial charge < -0.3 is 4.90 Å². The monoisotopic (exact) mass is 482 g/mol. The minimum Gasteiger partial charge on any atom is -0.328 e. The van der Waals surface area contributed by atoms with Crippen LogP contribution in [0.5, 0.6) is 0 Å². The number of hydrogen-bond donors (Lipinski definition) is 1. The van der Waals surface area contributed by atoms with Crippen LogP contribution in [0.3, 0.4) is 0 Å². The summed E-state index contributed by atoms with van der Waals surface area (Å²) in [6, 6.07) is 23.1. The van der Waals surface area contributed by atoms with E-state index in [-0.39, 0.29) is 17.2 Å². The van der Waals surface area contributed by atoms with E-state index in [1.807, 2.05) is 54.6 Å². The second-order valence-corrected chi connectivity index (χ2v) is 10.3. The molecule has 1 unspecified atom stereocenters. The van der Waals surface area contributed by atoms with Crippen molar-refractivity contribution < 1.29 is 18.0 Å². The van der Waals surface area contributed by atoms with Crippen molar-refractivity contribution in [2.24, 2.45) is 0 Å². The SMILES string of the molecule is CC1(C(=O)NS(=O)(=O)c2ccc(Cl)cc2)CCN1C(=O)Cc1ccc(-c2ccccc2)cc1. The highest BCUT2D eigenvalue weighted by Gasteiger charge is 2.50. The average Bonchev–Trinajstić information content (AvgIpc) is 2.79. The molecule has 0 radical (unpaired) electrons. The molecule has 0 aromatic heterocycles. The van der Waals surface area contributed by atoms with Crippen molar-refractivity contribution in [1.82, 2.24) is 9.62 Å². The second kappa shape index (κ2) is 9.00. The zero-order chi connectivity index (χ0) is 23.6. The van der Waals surface area contributed by atoms with Crippen molar-refractivity contribution >= 4 is 33.4 Å². The molecule has 0 saturated carbocycles. The average molecular weight is 483 g/mol. The van der Waals surface area contributed by atoms with Crippen LogP contribution in [0.4, 0.5) is 0 Å². The van der Waals surface area contributed by atoms with Crippen LogP contribution in [-0.4, -0.2) is 37.2 Å². The minimum absolute atomic E-state index is 0.0699. The highest BCUT2D eigenvalue weighted by Crippen LogP contribution is 2.32. The number of nitrogens with one attached hydrogen (secondary N) is 1. The van der Waals surface area contributed by atoms with Crippen molar-refractivity contribution in [3.63, 3.8) is 0 Å². The van der Waals surface area contributed by atoms with Crippen LogP contribution in [0.1, 0.15) is 18.9 Å². The van der Waals surface area contributed by atoms with E-state index < -0.39 is 21.5 Å². The van der Waals surface area contributed by atoms with Gasteiger partial charge in [-0.05, 0) is 54.3 Å². The highest BCUT2D eigenvalue weighted by atomic mass is 35.5. The summed E-state index contributed by atoms with van der Waals surface area (Å²) in [6.07, 6.45) is 0.509. The summed E-state index contributed by atoms with van der Waals surface area (Å²) >= 11 is 5.81. The Labute approximate surface area is 198 Å². The van der Waals surface area contributed by atoms with Crippen LogP contribution in [0, 0.1) is 0 Å². The first-order chi connectivity index (χ1) is 15.7.